The highest BCUT2D eigenvalue weighted by Gasteiger charge is 2.34. The van der Waals surface area contributed by atoms with E-state index in [0.717, 1.165) is 16.8 Å². The first-order valence-electron chi connectivity index (χ1n) is 10.2. The maximum absolute atomic E-state index is 13.5. The number of aromatic nitrogens is 3. The number of allylic oxidation sites excluding steroid dienone is 1. The second-order valence-electron chi connectivity index (χ2n) is 7.63. The number of hydrogen-bond donors (Lipinski definition) is 3. The smallest absolute Gasteiger partial charge is 0.255 e. The van der Waals surface area contributed by atoms with Crippen LogP contribution in [0, 0.1) is 6.92 Å². The SMILES string of the molecule is CC1=C(C(=O)Nc2ccccc2C)[C@H](c2ccc(Cl)c(Cl)c2)n2nc(CCCO)nc2N1. The summed E-state index contributed by atoms with van der Waals surface area (Å²) in [6, 6.07) is 12.3. The minimum atomic E-state index is -0.555. The second-order valence-corrected chi connectivity index (χ2v) is 8.45. The van der Waals surface area contributed by atoms with Crippen LogP contribution in [0.25, 0.3) is 0 Å². The van der Waals surface area contributed by atoms with Gasteiger partial charge in [-0.05, 0) is 49.6 Å². The van der Waals surface area contributed by atoms with Gasteiger partial charge in [-0.1, -0.05) is 47.5 Å². The second kappa shape index (κ2) is 9.32. The average Bonchev–Trinajstić information content (AvgIpc) is 3.17. The van der Waals surface area contributed by atoms with Crippen LogP contribution in [-0.2, 0) is 11.2 Å². The molecule has 0 unspecified atom stereocenters. The van der Waals surface area contributed by atoms with Crippen molar-refractivity contribution in [3.8, 4) is 0 Å². The van der Waals surface area contributed by atoms with Crippen molar-refractivity contribution >= 4 is 40.7 Å². The molecular weight excluding hydrogens is 449 g/mol. The number of nitrogens with one attached hydrogen (secondary N) is 2. The van der Waals surface area contributed by atoms with E-state index in [9.17, 15) is 9.90 Å². The first-order chi connectivity index (χ1) is 15.4. The summed E-state index contributed by atoms with van der Waals surface area (Å²) in [7, 11) is 0. The van der Waals surface area contributed by atoms with E-state index in [4.69, 9.17) is 23.2 Å². The van der Waals surface area contributed by atoms with Crippen molar-refractivity contribution in [1.82, 2.24) is 14.8 Å². The Labute approximate surface area is 196 Å². The Morgan fingerprint density at radius 1 is 1.19 bits per heavy atom. The van der Waals surface area contributed by atoms with Gasteiger partial charge < -0.3 is 15.7 Å². The molecule has 0 saturated carbocycles. The fraction of sp³-hybridized carbons (Fsp3) is 0.261. The molecule has 0 radical (unpaired) electrons. The Bertz CT molecular complexity index is 1200. The van der Waals surface area contributed by atoms with Gasteiger partial charge in [0, 0.05) is 24.4 Å². The van der Waals surface area contributed by atoms with Gasteiger partial charge >= 0.3 is 0 Å². The number of hydrogen-bond acceptors (Lipinski definition) is 5. The van der Waals surface area contributed by atoms with Crippen LogP contribution < -0.4 is 10.6 Å². The fourth-order valence-corrected chi connectivity index (χ4v) is 4.03. The quantitative estimate of drug-likeness (QED) is 0.482. The van der Waals surface area contributed by atoms with Crippen LogP contribution in [0.3, 0.4) is 0 Å². The van der Waals surface area contributed by atoms with E-state index in [1.807, 2.05) is 44.2 Å². The van der Waals surface area contributed by atoms with Crippen molar-refractivity contribution in [3.05, 3.63) is 80.7 Å². The van der Waals surface area contributed by atoms with Crippen molar-refractivity contribution < 1.29 is 9.90 Å². The maximum Gasteiger partial charge on any atom is 0.255 e. The van der Waals surface area contributed by atoms with Crippen molar-refractivity contribution in [2.75, 3.05) is 17.2 Å². The van der Waals surface area contributed by atoms with E-state index in [1.165, 1.54) is 0 Å². The van der Waals surface area contributed by atoms with Crippen molar-refractivity contribution in [2.24, 2.45) is 0 Å². The summed E-state index contributed by atoms with van der Waals surface area (Å²) in [6.07, 6.45) is 1.07. The number of benzene rings is 2. The molecule has 3 N–H and O–H groups in total. The first kappa shape index (κ1) is 22.3. The Hall–Kier alpha value is -2.87. The predicted molar refractivity (Wildman–Crippen MR) is 126 cm³/mol. The van der Waals surface area contributed by atoms with Gasteiger partial charge in [-0.2, -0.15) is 10.1 Å². The van der Waals surface area contributed by atoms with Crippen LogP contribution in [0.4, 0.5) is 11.6 Å². The van der Waals surface area contributed by atoms with E-state index >= 15 is 0 Å². The molecule has 1 aromatic heterocycles. The number of rotatable bonds is 6. The molecule has 9 heteroatoms. The summed E-state index contributed by atoms with van der Waals surface area (Å²) in [5.74, 6) is 0.859. The van der Waals surface area contributed by atoms with Crippen LogP contribution in [0.15, 0.2) is 53.7 Å². The standard InChI is InChI=1S/C23H23Cl2N5O2/c1-13-6-3-4-7-18(13)27-22(32)20-14(2)26-23-28-19(8-5-11-31)29-30(23)21(20)15-9-10-16(24)17(25)12-15/h3-4,6-7,9-10,12,21,31H,5,8,11H2,1-2H3,(H,27,32)(H,26,28,29)/t21-/m0/s1. The topological polar surface area (TPSA) is 92.1 Å². The lowest BCUT2D eigenvalue weighted by Crippen LogP contribution is -2.31. The summed E-state index contributed by atoms with van der Waals surface area (Å²) in [5.41, 5.74) is 3.62. The molecule has 0 fully saturated rings. The molecule has 1 atom stereocenters. The Balaban J connectivity index is 1.79. The highest BCUT2D eigenvalue weighted by atomic mass is 35.5. The van der Waals surface area contributed by atoms with Crippen LogP contribution in [0.1, 0.15) is 36.3 Å². The number of carbonyl (C=O) groups excluding carboxylic acids is 1. The minimum Gasteiger partial charge on any atom is -0.396 e. The largest absolute Gasteiger partial charge is 0.396 e. The molecule has 1 amide bonds. The van der Waals surface area contributed by atoms with Gasteiger partial charge in [0.25, 0.3) is 5.91 Å². The number of aliphatic hydroxyl groups excluding tert-OH is 1. The van der Waals surface area contributed by atoms with E-state index < -0.39 is 6.04 Å². The molecule has 32 heavy (non-hydrogen) atoms. The number of amides is 1. The number of aryl methyl sites for hydroxylation is 2. The van der Waals surface area contributed by atoms with E-state index in [-0.39, 0.29) is 12.5 Å². The zero-order chi connectivity index (χ0) is 22.8. The highest BCUT2D eigenvalue weighted by Crippen LogP contribution is 2.38. The van der Waals surface area contributed by atoms with Gasteiger partial charge in [0.1, 0.15) is 6.04 Å². The molecule has 0 aliphatic carbocycles. The third-order valence-corrected chi connectivity index (χ3v) is 6.09. The molecule has 3 aromatic rings. The third-order valence-electron chi connectivity index (χ3n) is 5.35. The molecule has 4 rings (SSSR count). The van der Waals surface area contributed by atoms with Gasteiger partial charge in [-0.15, -0.1) is 0 Å². The molecule has 166 valence electrons. The number of carbonyl (C=O) groups is 1. The Morgan fingerprint density at radius 2 is 1.97 bits per heavy atom. The third kappa shape index (κ3) is 4.37. The van der Waals surface area contributed by atoms with Gasteiger partial charge in [-0.3, -0.25) is 4.79 Å². The van der Waals surface area contributed by atoms with Crippen molar-refractivity contribution in [2.45, 2.75) is 32.7 Å². The number of aliphatic hydroxyl groups is 1. The number of para-hydroxylation sites is 1. The van der Waals surface area contributed by atoms with Gasteiger partial charge in [0.05, 0.1) is 15.6 Å². The molecule has 1 aliphatic heterocycles. The lowest BCUT2D eigenvalue weighted by atomic mass is 9.95. The molecule has 0 bridgehead atoms. The van der Waals surface area contributed by atoms with Crippen molar-refractivity contribution in [3.63, 3.8) is 0 Å². The number of fused-ring (bicyclic) bond motifs is 1. The summed E-state index contributed by atoms with van der Waals surface area (Å²) in [5, 5.41) is 20.8. The monoisotopic (exact) mass is 471 g/mol. The van der Waals surface area contributed by atoms with E-state index in [0.29, 0.717) is 45.9 Å². The maximum atomic E-state index is 13.5. The molecule has 1 aliphatic rings. The molecular formula is C23H23Cl2N5O2. The van der Waals surface area contributed by atoms with Gasteiger partial charge in [-0.25, -0.2) is 4.68 Å². The van der Waals surface area contributed by atoms with E-state index in [1.54, 1.807) is 16.8 Å². The summed E-state index contributed by atoms with van der Waals surface area (Å²) in [4.78, 5) is 18.0. The summed E-state index contributed by atoms with van der Waals surface area (Å²) < 4.78 is 1.69. The van der Waals surface area contributed by atoms with Crippen LogP contribution in [-0.4, -0.2) is 32.4 Å². The number of anilines is 2. The van der Waals surface area contributed by atoms with E-state index in [2.05, 4.69) is 20.7 Å². The first-order valence-corrected chi connectivity index (χ1v) is 11.0. The van der Waals surface area contributed by atoms with Crippen LogP contribution in [0.5, 0.6) is 0 Å². The lowest BCUT2D eigenvalue weighted by molar-refractivity contribution is -0.113. The number of halogens is 2. The minimum absolute atomic E-state index is 0.0505. The predicted octanol–water partition coefficient (Wildman–Crippen LogP) is 4.75. The van der Waals surface area contributed by atoms with Crippen molar-refractivity contribution in [1.29, 1.82) is 0 Å². The fourth-order valence-electron chi connectivity index (χ4n) is 3.73. The molecule has 2 aromatic carbocycles. The van der Waals surface area contributed by atoms with Gasteiger partial charge in [0.15, 0.2) is 5.82 Å². The molecule has 0 spiro atoms. The van der Waals surface area contributed by atoms with Crippen LogP contribution in [0.2, 0.25) is 10.0 Å². The van der Waals surface area contributed by atoms with Gasteiger partial charge in [0.2, 0.25) is 5.95 Å². The Morgan fingerprint density at radius 3 is 2.69 bits per heavy atom. The molecule has 7 nitrogen and oxygen atoms in total. The summed E-state index contributed by atoms with van der Waals surface area (Å²) in [6.45, 7) is 3.83. The average molecular weight is 472 g/mol. The molecule has 2 heterocycles. The highest BCUT2D eigenvalue weighted by molar-refractivity contribution is 6.42. The molecule has 0 saturated heterocycles. The zero-order valence-corrected chi connectivity index (χ0v) is 19.2. The van der Waals surface area contributed by atoms with Crippen LogP contribution >= 0.6 is 23.2 Å². The lowest BCUT2D eigenvalue weighted by Gasteiger charge is -2.29. The zero-order valence-electron chi connectivity index (χ0n) is 17.7. The Kier molecular flexibility index (Phi) is 6.50. The normalized spacial score (nSPS) is 15.3. The number of nitrogens with zero attached hydrogens (tertiary/aromatic N) is 3. The summed E-state index contributed by atoms with van der Waals surface area (Å²) >= 11 is 12.5.